The first-order chi connectivity index (χ1) is 38.9. The zero-order valence-electron chi connectivity index (χ0n) is 47.4. The quantitative estimate of drug-likeness (QED) is 0.0263. The molecule has 1 aromatic heterocycles. The molecule has 27 heteroatoms. The number of nitrogens with two attached hydrogens (primary N) is 1. The number of nitrogens with one attached hydrogen (secondary N) is 9. The minimum Gasteiger partial charge on any atom is -0.481 e. The van der Waals surface area contributed by atoms with Gasteiger partial charge < -0.3 is 67.8 Å². The lowest BCUT2D eigenvalue weighted by atomic mass is 10.0. The van der Waals surface area contributed by atoms with Gasteiger partial charge >= 0.3 is 18.2 Å². The van der Waals surface area contributed by atoms with E-state index in [1.165, 1.54) is 12.1 Å². The Morgan fingerprint density at radius 2 is 1.08 bits per heavy atom. The Morgan fingerprint density at radius 1 is 0.578 bits per heavy atom. The molecule has 0 radical (unpaired) electrons. The highest BCUT2D eigenvalue weighted by Crippen LogP contribution is 2.20. The lowest BCUT2D eigenvalue weighted by molar-refractivity contribution is -0.141. The number of unbranched alkanes of at least 4 members (excludes halogenated alkanes) is 1. The molecule has 0 aliphatic carbocycles. The van der Waals surface area contributed by atoms with Crippen LogP contribution in [-0.2, 0) is 77.2 Å². The number of carboxylic acids is 1. The van der Waals surface area contributed by atoms with Crippen LogP contribution in [0.5, 0.6) is 0 Å². The van der Waals surface area contributed by atoms with Crippen LogP contribution in [0.3, 0.4) is 0 Å². The van der Waals surface area contributed by atoms with Crippen molar-refractivity contribution in [3.8, 4) is 0 Å². The van der Waals surface area contributed by atoms with Crippen LogP contribution < -0.4 is 48.3 Å². The lowest BCUT2D eigenvalue weighted by Crippen LogP contribution is -2.59. The van der Waals surface area contributed by atoms with Crippen molar-refractivity contribution < 1.29 is 75.5 Å². The van der Waals surface area contributed by atoms with E-state index in [1.807, 2.05) is 6.92 Å². The van der Waals surface area contributed by atoms with Crippen LogP contribution in [-0.4, -0.2) is 143 Å². The van der Waals surface area contributed by atoms with Gasteiger partial charge in [0.15, 0.2) is 0 Å². The number of H-pyrrole nitrogens is 1. The first-order valence-corrected chi connectivity index (χ1v) is 28.3. The second-order valence-electron chi connectivity index (χ2n) is 21.6. The highest BCUT2D eigenvalue weighted by atomic mass is 32.2. The number of fused-ring (bicyclic) bond motifs is 1. The van der Waals surface area contributed by atoms with Crippen molar-refractivity contribution >= 4 is 80.5 Å². The number of hydrogen-bond donors (Lipinski definition) is 12. The van der Waals surface area contributed by atoms with E-state index in [-0.39, 0.29) is 45.1 Å². The molecule has 6 atom stereocenters. The topological polar surface area (TPSA) is 402 Å². The molecule has 9 amide bonds. The Hall–Kier alpha value is -8.59. The summed E-state index contributed by atoms with van der Waals surface area (Å²) >= 11 is 0. The Morgan fingerprint density at radius 3 is 1.67 bits per heavy atom. The average molecular weight is 1180 g/mol. The van der Waals surface area contributed by atoms with Crippen molar-refractivity contribution in [2.75, 3.05) is 13.1 Å². The van der Waals surface area contributed by atoms with Gasteiger partial charge in [-0.25, -0.2) is 9.59 Å². The predicted molar refractivity (Wildman–Crippen MR) is 302 cm³/mol. The molecule has 4 rings (SSSR count). The number of benzene rings is 3. The van der Waals surface area contributed by atoms with E-state index in [0.717, 1.165) is 12.1 Å². The monoisotopic (exact) mass is 1180 g/mol. The Bertz CT molecular complexity index is 3030. The van der Waals surface area contributed by atoms with E-state index in [9.17, 15) is 66.0 Å². The molecule has 0 saturated carbocycles. The average Bonchev–Trinajstić information content (AvgIpc) is 4.04. The van der Waals surface area contributed by atoms with Crippen LogP contribution in [0.1, 0.15) is 104 Å². The molecule has 13 N–H and O–H groups in total. The van der Waals surface area contributed by atoms with E-state index >= 15 is 0 Å². The molecule has 6 unspecified atom stereocenters. The fraction of sp³-hybridized carbons (Fsp3) is 0.464. The molecule has 0 aliphatic rings. The van der Waals surface area contributed by atoms with Gasteiger partial charge in [-0.1, -0.05) is 80.4 Å². The number of aliphatic carboxylic acids is 1. The minimum atomic E-state index is -4.55. The van der Waals surface area contributed by atoms with Crippen LogP contribution >= 0.6 is 0 Å². The summed E-state index contributed by atoms with van der Waals surface area (Å²) < 4.78 is 43.5. The predicted octanol–water partition coefficient (Wildman–Crippen LogP) is 2.33. The van der Waals surface area contributed by atoms with Gasteiger partial charge in [-0.05, 0) is 95.7 Å². The third-order valence-electron chi connectivity index (χ3n) is 12.2. The zero-order valence-corrected chi connectivity index (χ0v) is 48.2. The largest absolute Gasteiger partial charge is 0.481 e. The van der Waals surface area contributed by atoms with Crippen LogP contribution in [0.2, 0.25) is 0 Å². The van der Waals surface area contributed by atoms with Gasteiger partial charge in [-0.15, -0.1) is 0 Å². The summed E-state index contributed by atoms with van der Waals surface area (Å²) in [5.74, 6) is -8.12. The molecule has 1 heterocycles. The molecule has 0 fully saturated rings. The van der Waals surface area contributed by atoms with Gasteiger partial charge in [0.05, 0.1) is 17.9 Å². The first kappa shape index (κ1) is 66.9. The number of carboxylic acid groups (broad SMARTS) is 1. The maximum absolute atomic E-state index is 14.6. The van der Waals surface area contributed by atoms with Gasteiger partial charge in [-0.2, -0.15) is 8.42 Å². The first-order valence-electron chi connectivity index (χ1n) is 26.8. The van der Waals surface area contributed by atoms with E-state index in [2.05, 4.69) is 47.5 Å². The van der Waals surface area contributed by atoms with E-state index in [0.29, 0.717) is 40.4 Å². The second-order valence-corrected chi connectivity index (χ2v) is 23.0. The molecular weight excluding hydrogens is 1100 g/mol. The lowest BCUT2D eigenvalue weighted by Gasteiger charge is -2.26. The van der Waals surface area contributed by atoms with Crippen molar-refractivity contribution in [1.82, 2.24) is 47.5 Å². The number of ether oxygens (including phenoxy) is 2. The molecule has 452 valence electrons. The molecule has 0 spiro atoms. The van der Waals surface area contributed by atoms with E-state index < -0.39 is 135 Å². The summed E-state index contributed by atoms with van der Waals surface area (Å²) in [4.78, 5) is 137. The maximum Gasteiger partial charge on any atom is 0.408 e. The number of carbonyl (C=O) groups is 10. The van der Waals surface area contributed by atoms with Crippen molar-refractivity contribution in [2.24, 2.45) is 5.73 Å². The van der Waals surface area contributed by atoms with E-state index in [1.54, 1.807) is 102 Å². The summed E-state index contributed by atoms with van der Waals surface area (Å²) in [5.41, 5.74) is 5.97. The summed E-state index contributed by atoms with van der Waals surface area (Å²) in [6, 6.07) is 11.5. The molecule has 4 aromatic rings. The Labute approximate surface area is 481 Å². The van der Waals surface area contributed by atoms with Gasteiger partial charge in [-0.3, -0.25) is 42.9 Å². The van der Waals surface area contributed by atoms with Crippen molar-refractivity contribution in [2.45, 2.75) is 159 Å². The van der Waals surface area contributed by atoms with Crippen molar-refractivity contribution in [3.05, 3.63) is 102 Å². The summed E-state index contributed by atoms with van der Waals surface area (Å²) in [7, 11) is -4.55. The van der Waals surface area contributed by atoms with Crippen molar-refractivity contribution in [3.63, 3.8) is 0 Å². The van der Waals surface area contributed by atoms with Crippen LogP contribution in [0, 0.1) is 0 Å². The second kappa shape index (κ2) is 31.0. The van der Waals surface area contributed by atoms with Gasteiger partial charge in [0.25, 0.3) is 10.1 Å². The summed E-state index contributed by atoms with van der Waals surface area (Å²) in [6.07, 6.45) is -0.815. The van der Waals surface area contributed by atoms with Gasteiger partial charge in [0.1, 0.15) is 47.5 Å². The minimum absolute atomic E-state index is 0.00255. The van der Waals surface area contributed by atoms with Crippen LogP contribution in [0.4, 0.5) is 9.59 Å². The summed E-state index contributed by atoms with van der Waals surface area (Å²) in [5, 5.41) is 30.7. The normalized spacial score (nSPS) is 13.7. The van der Waals surface area contributed by atoms with Crippen molar-refractivity contribution in [1.29, 1.82) is 0 Å². The molecule has 26 nitrogen and oxygen atoms in total. The number of alkyl carbamates (subject to hydrolysis) is 2. The molecule has 3 aromatic carbocycles. The van der Waals surface area contributed by atoms with Gasteiger partial charge in [0.2, 0.25) is 41.4 Å². The molecule has 0 aliphatic heterocycles. The smallest absolute Gasteiger partial charge is 0.408 e. The number of aromatic nitrogens is 1. The third kappa shape index (κ3) is 23.8. The van der Waals surface area contributed by atoms with Crippen LogP contribution in [0.25, 0.3) is 10.9 Å². The number of primary amides is 1. The number of para-hydroxylation sites is 1. The molecule has 0 saturated heterocycles. The fourth-order valence-electron chi connectivity index (χ4n) is 8.26. The maximum atomic E-state index is 14.6. The number of hydrogen-bond acceptors (Lipinski definition) is 14. The molecule has 0 bridgehead atoms. The Kier molecular flexibility index (Phi) is 25.0. The molecule has 83 heavy (non-hydrogen) atoms. The standard InChI is InChI=1S/C56H76N10O16S/c1-8-9-19-39(62-50(73)42(66-54(77)82-56(5,6)7)28-34-22-24-36(25-23-34)83(78,79)80)48(71)60-32-45(67)61-43(29-35-31-59-38-20-14-13-18-37(35)38)51(74)63-40(21-15-26-58-53(76)81-55(2,3)4)49(72)65-44(30-46(68)69)52(75)64-41(47(57)70)27-33-16-11-10-12-17-33/h10-14,16-18,20,22-25,31,39-44,59H,8-9,15,19,21,26-30,32H2,1-7H3,(H2,57,70)(H,58,76)(H,60,71)(H,61,67)(H,62,73)(H,63,74)(H,64,75)(H,65,72)(H,66,77)(H,68,69)(H,78,79,80). The van der Waals surface area contributed by atoms with Gasteiger partial charge in [0, 0.05) is 42.9 Å². The third-order valence-corrected chi connectivity index (χ3v) is 13.1. The number of amides is 9. The number of rotatable bonds is 30. The summed E-state index contributed by atoms with van der Waals surface area (Å²) in [6.45, 7) is 10.8. The molecular formula is C56H76N10O16S. The van der Waals surface area contributed by atoms with E-state index in [4.69, 9.17) is 15.2 Å². The SMILES string of the molecule is CCCCC(NC(=O)C(Cc1ccc(S(=O)(=O)O)cc1)NC(=O)OC(C)(C)C)C(=O)NCC(=O)NC(Cc1c[nH]c2ccccc12)C(=O)NC(CCCNC(=O)OC(C)(C)C)C(=O)NC(CC(=O)O)C(=O)NC(Cc1ccccc1)C(N)=O. The highest BCUT2D eigenvalue weighted by Gasteiger charge is 2.34. The highest BCUT2D eigenvalue weighted by molar-refractivity contribution is 7.85. The number of aromatic amines is 1. The van der Waals surface area contributed by atoms with Crippen LogP contribution in [0.15, 0.2) is 90.0 Å². The Balaban J connectivity index is 1.60. The fourth-order valence-corrected chi connectivity index (χ4v) is 8.74. The number of carbonyl (C=O) groups excluding carboxylic acids is 9. The zero-order chi connectivity index (χ0) is 61.7.